The Morgan fingerprint density at radius 1 is 1.40 bits per heavy atom. The minimum absolute atomic E-state index is 0.141. The van der Waals surface area contributed by atoms with Crippen molar-refractivity contribution in [2.45, 2.75) is 40.0 Å². The molecule has 0 unspecified atom stereocenters. The molecule has 0 aromatic heterocycles. The maximum absolute atomic E-state index is 10.5. The first-order valence-corrected chi connectivity index (χ1v) is 5.46. The second kappa shape index (κ2) is 8.48. The molecule has 0 aromatic rings. The predicted octanol–water partition coefficient (Wildman–Crippen LogP) is 2.29. The van der Waals surface area contributed by atoms with Gasteiger partial charge in [-0.1, -0.05) is 18.6 Å². The molecule has 0 aliphatic carbocycles. The van der Waals surface area contributed by atoms with Gasteiger partial charge in [0.15, 0.2) is 0 Å². The van der Waals surface area contributed by atoms with Crippen LogP contribution in [0.3, 0.4) is 0 Å². The molecule has 0 bridgehead atoms. The Balaban J connectivity index is 3.49. The van der Waals surface area contributed by atoms with E-state index in [2.05, 4.69) is 13.0 Å². The van der Waals surface area contributed by atoms with Crippen molar-refractivity contribution in [3.05, 3.63) is 11.6 Å². The molecule has 0 aliphatic heterocycles. The van der Waals surface area contributed by atoms with Gasteiger partial charge >= 0.3 is 5.97 Å². The summed E-state index contributed by atoms with van der Waals surface area (Å²) in [6.07, 6.45) is 5.01. The van der Waals surface area contributed by atoms with Crippen molar-refractivity contribution in [1.82, 2.24) is 0 Å². The highest BCUT2D eigenvalue weighted by Crippen LogP contribution is 2.11. The molecule has 1 N–H and O–H groups in total. The van der Waals surface area contributed by atoms with Crippen LogP contribution in [-0.4, -0.2) is 24.3 Å². The normalized spacial score (nSPS) is 13.7. The number of hydrogen-bond acceptors (Lipinski definition) is 3. The lowest BCUT2D eigenvalue weighted by molar-refractivity contribution is -0.141. The van der Waals surface area contributed by atoms with Gasteiger partial charge in [-0.25, -0.2) is 0 Å². The average molecular weight is 214 g/mol. The van der Waals surface area contributed by atoms with Crippen molar-refractivity contribution < 1.29 is 14.6 Å². The molecule has 88 valence electrons. The number of carbonyl (C=O) groups excluding carboxylic acids is 1. The van der Waals surface area contributed by atoms with E-state index in [1.807, 2.05) is 6.92 Å². The Bertz CT molecular complexity index is 209. The summed E-state index contributed by atoms with van der Waals surface area (Å²) in [4.78, 5) is 10.5. The van der Waals surface area contributed by atoms with E-state index in [0.29, 0.717) is 12.5 Å². The number of aliphatic hydroxyl groups is 1. The number of carbonyl (C=O) groups is 1. The fourth-order valence-electron chi connectivity index (χ4n) is 1.23. The molecule has 15 heavy (non-hydrogen) atoms. The molecule has 0 spiro atoms. The first-order valence-electron chi connectivity index (χ1n) is 5.46. The average Bonchev–Trinajstić information content (AvgIpc) is 2.17. The van der Waals surface area contributed by atoms with Gasteiger partial charge in [0.05, 0.1) is 13.2 Å². The number of hydrogen-bond donors (Lipinski definition) is 1. The molecule has 0 radical (unpaired) electrons. The number of rotatable bonds is 7. The van der Waals surface area contributed by atoms with Crippen molar-refractivity contribution in [2.75, 3.05) is 13.2 Å². The van der Waals surface area contributed by atoms with Crippen LogP contribution in [0.5, 0.6) is 0 Å². The number of aliphatic hydroxyl groups excluding tert-OH is 1. The first kappa shape index (κ1) is 14.2. The highest BCUT2D eigenvalue weighted by atomic mass is 16.5. The van der Waals surface area contributed by atoms with Gasteiger partial charge in [0.25, 0.3) is 0 Å². The summed E-state index contributed by atoms with van der Waals surface area (Å²) in [5.41, 5.74) is 1.02. The third-order valence-corrected chi connectivity index (χ3v) is 2.32. The SMILES string of the molecule is CC(=O)OCC[C@H](C)CC/C=C(\C)CO. The summed E-state index contributed by atoms with van der Waals surface area (Å²) in [7, 11) is 0. The van der Waals surface area contributed by atoms with Gasteiger partial charge in [0.1, 0.15) is 0 Å². The first-order chi connectivity index (χ1) is 7.06. The maximum atomic E-state index is 10.5. The van der Waals surface area contributed by atoms with E-state index < -0.39 is 0 Å². The Labute approximate surface area is 92.1 Å². The van der Waals surface area contributed by atoms with Crippen molar-refractivity contribution >= 4 is 5.97 Å². The monoisotopic (exact) mass is 214 g/mol. The minimum Gasteiger partial charge on any atom is -0.466 e. The summed E-state index contributed by atoms with van der Waals surface area (Å²) in [5.74, 6) is 0.338. The van der Waals surface area contributed by atoms with Crippen LogP contribution in [0.25, 0.3) is 0 Å². The van der Waals surface area contributed by atoms with Crippen molar-refractivity contribution in [3.63, 3.8) is 0 Å². The van der Waals surface area contributed by atoms with Crippen LogP contribution in [0.15, 0.2) is 11.6 Å². The zero-order chi connectivity index (χ0) is 11.7. The largest absolute Gasteiger partial charge is 0.466 e. The summed E-state index contributed by atoms with van der Waals surface area (Å²) in [6, 6.07) is 0. The fraction of sp³-hybridized carbons (Fsp3) is 0.750. The van der Waals surface area contributed by atoms with Gasteiger partial charge in [-0.3, -0.25) is 4.79 Å². The third kappa shape index (κ3) is 9.47. The standard InChI is InChI=1S/C12H22O3/c1-10(7-8-15-12(3)14)5-4-6-11(2)9-13/h6,10,13H,4-5,7-9H2,1-3H3/b11-6+/t10-/m1/s1. The van der Waals surface area contributed by atoms with E-state index in [9.17, 15) is 4.79 Å². The molecular weight excluding hydrogens is 192 g/mol. The van der Waals surface area contributed by atoms with E-state index in [0.717, 1.165) is 24.8 Å². The van der Waals surface area contributed by atoms with Crippen LogP contribution < -0.4 is 0 Å². The molecule has 0 heterocycles. The van der Waals surface area contributed by atoms with Gasteiger partial charge in [-0.2, -0.15) is 0 Å². The van der Waals surface area contributed by atoms with Crippen molar-refractivity contribution in [1.29, 1.82) is 0 Å². The zero-order valence-electron chi connectivity index (χ0n) is 9.95. The van der Waals surface area contributed by atoms with Gasteiger partial charge in [-0.05, 0) is 32.1 Å². The molecule has 3 heteroatoms. The van der Waals surface area contributed by atoms with E-state index >= 15 is 0 Å². The van der Waals surface area contributed by atoms with Crippen molar-refractivity contribution in [2.24, 2.45) is 5.92 Å². The van der Waals surface area contributed by atoms with Crippen molar-refractivity contribution in [3.8, 4) is 0 Å². The summed E-state index contributed by atoms with van der Waals surface area (Å²) in [5, 5.41) is 8.78. The van der Waals surface area contributed by atoms with Gasteiger partial charge in [0.2, 0.25) is 0 Å². The molecule has 0 aliphatic rings. The molecule has 0 aromatic carbocycles. The Morgan fingerprint density at radius 3 is 2.60 bits per heavy atom. The quantitative estimate of drug-likeness (QED) is 0.522. The Morgan fingerprint density at radius 2 is 2.07 bits per heavy atom. The van der Waals surface area contributed by atoms with Gasteiger partial charge < -0.3 is 9.84 Å². The van der Waals surface area contributed by atoms with Crippen LogP contribution >= 0.6 is 0 Å². The summed E-state index contributed by atoms with van der Waals surface area (Å²) in [6.45, 7) is 6.15. The predicted molar refractivity (Wildman–Crippen MR) is 60.5 cm³/mol. The van der Waals surface area contributed by atoms with Gasteiger partial charge in [0, 0.05) is 6.92 Å². The number of allylic oxidation sites excluding steroid dienone is 1. The smallest absolute Gasteiger partial charge is 0.302 e. The Hall–Kier alpha value is -0.830. The number of esters is 1. The lowest BCUT2D eigenvalue weighted by atomic mass is 10.0. The van der Waals surface area contributed by atoms with E-state index in [4.69, 9.17) is 9.84 Å². The van der Waals surface area contributed by atoms with E-state index in [-0.39, 0.29) is 12.6 Å². The molecule has 0 amide bonds. The van der Waals surface area contributed by atoms with E-state index in [1.165, 1.54) is 6.92 Å². The topological polar surface area (TPSA) is 46.5 Å². The molecular formula is C12H22O3. The molecule has 1 atom stereocenters. The van der Waals surface area contributed by atoms with Crippen LogP contribution in [0.2, 0.25) is 0 Å². The van der Waals surface area contributed by atoms with Crippen LogP contribution in [-0.2, 0) is 9.53 Å². The molecule has 0 rings (SSSR count). The molecule has 0 saturated carbocycles. The molecule has 0 fully saturated rings. The lowest BCUT2D eigenvalue weighted by Gasteiger charge is -2.09. The second-order valence-corrected chi connectivity index (χ2v) is 4.02. The lowest BCUT2D eigenvalue weighted by Crippen LogP contribution is -2.05. The van der Waals surface area contributed by atoms with E-state index in [1.54, 1.807) is 0 Å². The van der Waals surface area contributed by atoms with Crippen LogP contribution in [0.1, 0.15) is 40.0 Å². The maximum Gasteiger partial charge on any atom is 0.302 e. The summed E-state index contributed by atoms with van der Waals surface area (Å²) >= 11 is 0. The van der Waals surface area contributed by atoms with Gasteiger partial charge in [-0.15, -0.1) is 0 Å². The highest BCUT2D eigenvalue weighted by Gasteiger charge is 2.02. The third-order valence-electron chi connectivity index (χ3n) is 2.32. The molecule has 3 nitrogen and oxygen atoms in total. The van der Waals surface area contributed by atoms with Crippen LogP contribution in [0, 0.1) is 5.92 Å². The fourth-order valence-corrected chi connectivity index (χ4v) is 1.23. The minimum atomic E-state index is -0.210. The number of ether oxygens (including phenoxy) is 1. The second-order valence-electron chi connectivity index (χ2n) is 4.02. The Kier molecular flexibility index (Phi) is 8.01. The molecule has 0 saturated heterocycles. The zero-order valence-corrected chi connectivity index (χ0v) is 9.95. The summed E-state index contributed by atoms with van der Waals surface area (Å²) < 4.78 is 4.87. The van der Waals surface area contributed by atoms with Crippen LogP contribution in [0.4, 0.5) is 0 Å². The highest BCUT2D eigenvalue weighted by molar-refractivity contribution is 5.65.